The van der Waals surface area contributed by atoms with Gasteiger partial charge in [0, 0.05) is 23.5 Å². The second-order valence-electron chi connectivity index (χ2n) is 4.45. The fraction of sp³-hybridized carbons (Fsp3) is 0.364. The SMILES string of the molecule is CC(CS(C)(=O)=O)Nc1cccc(-c2nn[nH]n2)c1. The summed E-state index contributed by atoms with van der Waals surface area (Å²) >= 11 is 0. The van der Waals surface area contributed by atoms with E-state index in [-0.39, 0.29) is 11.8 Å². The van der Waals surface area contributed by atoms with Crippen LogP contribution in [0.2, 0.25) is 0 Å². The molecule has 0 saturated carbocycles. The number of anilines is 1. The highest BCUT2D eigenvalue weighted by molar-refractivity contribution is 7.90. The molecule has 1 aromatic carbocycles. The molecule has 0 radical (unpaired) electrons. The van der Waals surface area contributed by atoms with Gasteiger partial charge in [0.25, 0.3) is 0 Å². The van der Waals surface area contributed by atoms with Crippen LogP contribution in [0.3, 0.4) is 0 Å². The summed E-state index contributed by atoms with van der Waals surface area (Å²) in [5.74, 6) is 0.582. The zero-order valence-corrected chi connectivity index (χ0v) is 11.5. The molecule has 1 atom stereocenters. The minimum Gasteiger partial charge on any atom is -0.382 e. The zero-order valence-electron chi connectivity index (χ0n) is 10.7. The Balaban J connectivity index is 2.12. The average molecular weight is 281 g/mol. The number of rotatable bonds is 5. The maximum absolute atomic E-state index is 11.2. The summed E-state index contributed by atoms with van der Waals surface area (Å²) in [6.45, 7) is 1.82. The molecule has 7 nitrogen and oxygen atoms in total. The summed E-state index contributed by atoms with van der Waals surface area (Å²) in [7, 11) is -3.00. The summed E-state index contributed by atoms with van der Waals surface area (Å²) in [5, 5.41) is 16.8. The molecule has 2 aromatic rings. The third-order valence-corrected chi connectivity index (χ3v) is 3.54. The monoisotopic (exact) mass is 281 g/mol. The van der Waals surface area contributed by atoms with E-state index in [2.05, 4.69) is 25.9 Å². The number of benzene rings is 1. The van der Waals surface area contributed by atoms with Gasteiger partial charge in [-0.15, -0.1) is 10.2 Å². The van der Waals surface area contributed by atoms with Gasteiger partial charge in [0.2, 0.25) is 5.82 Å². The first-order chi connectivity index (χ1) is 8.94. The molecule has 1 heterocycles. The summed E-state index contributed by atoms with van der Waals surface area (Å²) < 4.78 is 22.4. The fourth-order valence-electron chi connectivity index (χ4n) is 1.81. The van der Waals surface area contributed by atoms with Gasteiger partial charge in [-0.25, -0.2) is 8.42 Å². The Hall–Kier alpha value is -1.96. The molecular formula is C11H15N5O2S. The molecule has 102 valence electrons. The Morgan fingerprint density at radius 1 is 1.42 bits per heavy atom. The van der Waals surface area contributed by atoms with Gasteiger partial charge in [0.05, 0.1) is 5.75 Å². The fourth-order valence-corrected chi connectivity index (χ4v) is 2.80. The van der Waals surface area contributed by atoms with Crippen LogP contribution < -0.4 is 5.32 Å². The largest absolute Gasteiger partial charge is 0.382 e. The molecule has 2 N–H and O–H groups in total. The molecule has 19 heavy (non-hydrogen) atoms. The third kappa shape index (κ3) is 4.02. The van der Waals surface area contributed by atoms with E-state index >= 15 is 0 Å². The van der Waals surface area contributed by atoms with Gasteiger partial charge in [-0.3, -0.25) is 0 Å². The first-order valence-corrected chi connectivity index (χ1v) is 7.78. The molecular weight excluding hydrogens is 266 g/mol. The highest BCUT2D eigenvalue weighted by Crippen LogP contribution is 2.18. The van der Waals surface area contributed by atoms with E-state index in [0.29, 0.717) is 5.82 Å². The molecule has 1 unspecified atom stereocenters. The van der Waals surface area contributed by atoms with Gasteiger partial charge in [-0.2, -0.15) is 5.21 Å². The lowest BCUT2D eigenvalue weighted by Gasteiger charge is -2.14. The van der Waals surface area contributed by atoms with Crippen LogP contribution in [-0.4, -0.2) is 47.1 Å². The Bertz CT molecular complexity index is 639. The molecule has 0 spiro atoms. The van der Waals surface area contributed by atoms with Gasteiger partial charge >= 0.3 is 0 Å². The van der Waals surface area contributed by atoms with E-state index < -0.39 is 9.84 Å². The molecule has 8 heteroatoms. The molecule has 0 aliphatic heterocycles. The minimum atomic E-state index is -3.00. The van der Waals surface area contributed by atoms with Crippen LogP contribution in [0.4, 0.5) is 5.69 Å². The topological polar surface area (TPSA) is 101 Å². The highest BCUT2D eigenvalue weighted by Gasteiger charge is 2.11. The van der Waals surface area contributed by atoms with Crippen molar-refractivity contribution in [1.29, 1.82) is 0 Å². The van der Waals surface area contributed by atoms with Crippen molar-refractivity contribution >= 4 is 15.5 Å². The maximum Gasteiger partial charge on any atom is 0.204 e. The number of sulfone groups is 1. The first-order valence-electron chi connectivity index (χ1n) is 5.72. The van der Waals surface area contributed by atoms with Crippen molar-refractivity contribution in [3.8, 4) is 11.4 Å². The van der Waals surface area contributed by atoms with Gasteiger partial charge in [-0.1, -0.05) is 12.1 Å². The minimum absolute atomic E-state index is 0.0828. The number of nitrogens with zero attached hydrogens (tertiary/aromatic N) is 3. The van der Waals surface area contributed by atoms with Gasteiger partial charge < -0.3 is 5.32 Å². The number of H-pyrrole nitrogens is 1. The summed E-state index contributed by atoms with van der Waals surface area (Å²) in [5.41, 5.74) is 1.63. The van der Waals surface area contributed by atoms with Gasteiger partial charge in [-0.05, 0) is 24.3 Å². The zero-order chi connectivity index (χ0) is 13.9. The van der Waals surface area contributed by atoms with Crippen LogP contribution in [0.15, 0.2) is 24.3 Å². The van der Waals surface area contributed by atoms with Gasteiger partial charge in [0.15, 0.2) is 0 Å². The van der Waals surface area contributed by atoms with Crippen molar-refractivity contribution in [2.75, 3.05) is 17.3 Å². The first kappa shape index (κ1) is 13.5. The lowest BCUT2D eigenvalue weighted by Crippen LogP contribution is -2.24. The van der Waals surface area contributed by atoms with E-state index in [0.717, 1.165) is 11.3 Å². The number of aromatic amines is 1. The smallest absolute Gasteiger partial charge is 0.204 e. The number of hydrogen-bond acceptors (Lipinski definition) is 6. The molecule has 1 aromatic heterocycles. The van der Waals surface area contributed by atoms with Crippen LogP contribution in [0.25, 0.3) is 11.4 Å². The van der Waals surface area contributed by atoms with Crippen molar-refractivity contribution in [3.63, 3.8) is 0 Å². The lowest BCUT2D eigenvalue weighted by molar-refractivity contribution is 0.598. The van der Waals surface area contributed by atoms with Crippen LogP contribution in [0, 0.1) is 0 Å². The summed E-state index contributed by atoms with van der Waals surface area (Å²) in [6.07, 6.45) is 1.22. The molecule has 0 aliphatic carbocycles. The highest BCUT2D eigenvalue weighted by atomic mass is 32.2. The van der Waals surface area contributed by atoms with Gasteiger partial charge in [0.1, 0.15) is 9.84 Å². The van der Waals surface area contributed by atoms with E-state index in [1.165, 1.54) is 6.26 Å². The predicted molar refractivity (Wildman–Crippen MR) is 72.4 cm³/mol. The standard InChI is InChI=1S/C11H15N5O2S/c1-8(7-19(2,17)18)12-10-5-3-4-9(6-10)11-13-15-16-14-11/h3-6,8,12H,7H2,1-2H3,(H,13,14,15,16). The molecule has 2 rings (SSSR count). The average Bonchev–Trinajstić information content (AvgIpc) is 2.79. The Labute approximate surface area is 111 Å². The van der Waals surface area contributed by atoms with Crippen molar-refractivity contribution in [1.82, 2.24) is 20.6 Å². The van der Waals surface area contributed by atoms with E-state index in [1.807, 2.05) is 31.2 Å². The van der Waals surface area contributed by atoms with Crippen molar-refractivity contribution in [2.24, 2.45) is 0 Å². The van der Waals surface area contributed by atoms with Crippen LogP contribution in [0.1, 0.15) is 6.92 Å². The number of nitrogens with one attached hydrogen (secondary N) is 2. The van der Waals surface area contributed by atoms with Crippen LogP contribution >= 0.6 is 0 Å². The normalized spacial score (nSPS) is 13.2. The van der Waals surface area contributed by atoms with E-state index in [4.69, 9.17) is 0 Å². The summed E-state index contributed by atoms with van der Waals surface area (Å²) in [6, 6.07) is 7.25. The maximum atomic E-state index is 11.2. The van der Waals surface area contributed by atoms with Crippen molar-refractivity contribution < 1.29 is 8.42 Å². The summed E-state index contributed by atoms with van der Waals surface area (Å²) in [4.78, 5) is 0. The van der Waals surface area contributed by atoms with Crippen LogP contribution in [-0.2, 0) is 9.84 Å². The van der Waals surface area contributed by atoms with E-state index in [1.54, 1.807) is 0 Å². The number of hydrogen-bond donors (Lipinski definition) is 2. The molecule has 0 aliphatic rings. The second kappa shape index (κ2) is 5.35. The second-order valence-corrected chi connectivity index (χ2v) is 6.64. The van der Waals surface area contributed by atoms with Crippen LogP contribution in [0.5, 0.6) is 0 Å². The molecule has 0 bridgehead atoms. The predicted octanol–water partition coefficient (Wildman–Crippen LogP) is 0.712. The Morgan fingerprint density at radius 2 is 2.21 bits per heavy atom. The van der Waals surface area contributed by atoms with Crippen molar-refractivity contribution in [3.05, 3.63) is 24.3 Å². The Morgan fingerprint density at radius 3 is 2.84 bits per heavy atom. The number of aromatic nitrogens is 4. The lowest BCUT2D eigenvalue weighted by atomic mass is 10.2. The Kier molecular flexibility index (Phi) is 3.79. The van der Waals surface area contributed by atoms with Crippen molar-refractivity contribution in [2.45, 2.75) is 13.0 Å². The van der Waals surface area contributed by atoms with E-state index in [9.17, 15) is 8.42 Å². The quantitative estimate of drug-likeness (QED) is 0.837. The number of tetrazole rings is 1. The molecule has 0 saturated heterocycles. The molecule has 0 fully saturated rings. The molecule has 0 amide bonds. The third-order valence-electron chi connectivity index (χ3n) is 2.43.